The van der Waals surface area contributed by atoms with Gasteiger partial charge in [-0.1, -0.05) is 18.2 Å². The predicted octanol–water partition coefficient (Wildman–Crippen LogP) is 10.1. The van der Waals surface area contributed by atoms with E-state index in [-0.39, 0.29) is 52.9 Å². The first-order valence-electron chi connectivity index (χ1n) is 14.6. The molecule has 42 heavy (non-hydrogen) atoms. The molecule has 224 valence electrons. The highest BCUT2D eigenvalue weighted by Gasteiger charge is 2.32. The molecule has 0 aromatic heterocycles. The van der Waals surface area contributed by atoms with Crippen LogP contribution in [0.1, 0.15) is 75.8 Å². The van der Waals surface area contributed by atoms with E-state index in [4.69, 9.17) is 9.47 Å². The fourth-order valence-electron chi connectivity index (χ4n) is 6.57. The number of halogens is 6. The number of hydrogen-bond acceptors (Lipinski definition) is 2. The first-order valence-corrected chi connectivity index (χ1v) is 14.6. The summed E-state index contributed by atoms with van der Waals surface area (Å²) in [6.07, 6.45) is 7.26. The van der Waals surface area contributed by atoms with Crippen molar-refractivity contribution in [2.24, 2.45) is 11.8 Å². The molecule has 3 aromatic carbocycles. The van der Waals surface area contributed by atoms with E-state index in [1.54, 1.807) is 19.9 Å². The Hall–Kier alpha value is -3.42. The summed E-state index contributed by atoms with van der Waals surface area (Å²) < 4.78 is 98.7. The third-order valence-electron chi connectivity index (χ3n) is 8.77. The molecule has 0 N–H and O–H groups in total. The highest BCUT2D eigenvalue weighted by atomic mass is 19.2. The lowest BCUT2D eigenvalue weighted by molar-refractivity contribution is 0.219. The molecule has 1 unspecified atom stereocenters. The molecule has 1 saturated carbocycles. The molecule has 0 aliphatic heterocycles. The molecule has 2 aliphatic carbocycles. The van der Waals surface area contributed by atoms with Gasteiger partial charge in [0.15, 0.2) is 34.8 Å². The number of hydrogen-bond donors (Lipinski definition) is 0. The van der Waals surface area contributed by atoms with E-state index in [0.29, 0.717) is 31.1 Å². The normalized spacial score (nSPS) is 20.8. The van der Waals surface area contributed by atoms with E-state index in [9.17, 15) is 17.6 Å². The molecule has 0 amide bonds. The smallest absolute Gasteiger partial charge is 0.201 e. The summed E-state index contributed by atoms with van der Waals surface area (Å²) in [6, 6.07) is 8.23. The van der Waals surface area contributed by atoms with Crippen molar-refractivity contribution in [3.8, 4) is 22.6 Å². The number of ether oxygens (including phenoxy) is 2. The van der Waals surface area contributed by atoms with Crippen molar-refractivity contribution < 1.29 is 35.8 Å². The molecule has 1 fully saturated rings. The van der Waals surface area contributed by atoms with Crippen molar-refractivity contribution in [1.82, 2.24) is 0 Å². The van der Waals surface area contributed by atoms with Gasteiger partial charge in [0, 0.05) is 16.7 Å². The molecule has 0 bridgehead atoms. The summed E-state index contributed by atoms with van der Waals surface area (Å²) in [5.41, 5.74) is 0.617. The van der Waals surface area contributed by atoms with Crippen LogP contribution in [0.5, 0.6) is 11.5 Å². The van der Waals surface area contributed by atoms with E-state index in [2.05, 4.69) is 0 Å². The minimum absolute atomic E-state index is 0.0898. The Morgan fingerprint density at radius 2 is 1.10 bits per heavy atom. The lowest BCUT2D eigenvalue weighted by Gasteiger charge is -2.36. The molecule has 2 nitrogen and oxygen atoms in total. The lowest BCUT2D eigenvalue weighted by Crippen LogP contribution is -2.23. The van der Waals surface area contributed by atoms with Crippen molar-refractivity contribution >= 4 is 5.57 Å². The number of allylic oxidation sites excluding steroid dienone is 2. The maximum atomic E-state index is 15.3. The molecule has 0 heterocycles. The van der Waals surface area contributed by atoms with Crippen molar-refractivity contribution in [2.75, 3.05) is 13.2 Å². The van der Waals surface area contributed by atoms with Crippen LogP contribution >= 0.6 is 0 Å². The van der Waals surface area contributed by atoms with E-state index >= 15 is 8.78 Å². The second-order valence-electron chi connectivity index (χ2n) is 11.1. The summed E-state index contributed by atoms with van der Waals surface area (Å²) in [4.78, 5) is 0. The molecular formula is C34H34F6O2. The molecule has 8 heteroatoms. The van der Waals surface area contributed by atoms with Gasteiger partial charge in [0.25, 0.3) is 0 Å². The maximum absolute atomic E-state index is 15.3. The highest BCUT2D eigenvalue weighted by molar-refractivity contribution is 5.68. The summed E-state index contributed by atoms with van der Waals surface area (Å²) in [5, 5.41) is 0. The van der Waals surface area contributed by atoms with Crippen LogP contribution in [0.3, 0.4) is 0 Å². The topological polar surface area (TPSA) is 18.5 Å². The quantitative estimate of drug-likeness (QED) is 0.244. The predicted molar refractivity (Wildman–Crippen MR) is 150 cm³/mol. The van der Waals surface area contributed by atoms with Gasteiger partial charge < -0.3 is 9.47 Å². The van der Waals surface area contributed by atoms with Crippen LogP contribution in [0.25, 0.3) is 16.7 Å². The van der Waals surface area contributed by atoms with Gasteiger partial charge in [-0.3, -0.25) is 0 Å². The third-order valence-corrected chi connectivity index (χ3v) is 8.77. The van der Waals surface area contributed by atoms with E-state index in [1.165, 1.54) is 30.3 Å². The molecule has 0 saturated heterocycles. The van der Waals surface area contributed by atoms with Crippen molar-refractivity contribution in [1.29, 1.82) is 0 Å². The first-order chi connectivity index (χ1) is 20.2. The van der Waals surface area contributed by atoms with Crippen LogP contribution in [0.2, 0.25) is 0 Å². The Kier molecular flexibility index (Phi) is 9.19. The summed E-state index contributed by atoms with van der Waals surface area (Å²) in [6.45, 7) is 3.73. The van der Waals surface area contributed by atoms with Crippen LogP contribution in [-0.4, -0.2) is 13.2 Å². The van der Waals surface area contributed by atoms with Gasteiger partial charge in [-0.25, -0.2) is 17.6 Å². The standard InChI is InChI=1S/C34H34F6O2/c1-3-41-27-17-15-24(30(36)33(27)39)22-11-7-20(8-12-22)19-5-9-21(10-6-19)23-13-14-25(31(37)29(23)35)26-16-18-28(42-4-2)34(40)32(26)38/h11,13-21H,3-10,12H2,1-2H3. The minimum atomic E-state index is -1.28. The lowest BCUT2D eigenvalue weighted by atomic mass is 9.70. The van der Waals surface area contributed by atoms with Gasteiger partial charge in [-0.15, -0.1) is 0 Å². The van der Waals surface area contributed by atoms with Gasteiger partial charge in [0.1, 0.15) is 0 Å². The Bertz CT molecular complexity index is 1480. The van der Waals surface area contributed by atoms with Gasteiger partial charge in [-0.2, -0.15) is 8.78 Å². The molecule has 3 aromatic rings. The molecule has 0 radical (unpaired) electrons. The molecule has 1 atom stereocenters. The van der Waals surface area contributed by atoms with Crippen LogP contribution in [0.15, 0.2) is 42.5 Å². The highest BCUT2D eigenvalue weighted by Crippen LogP contribution is 2.45. The third kappa shape index (κ3) is 5.77. The zero-order chi connectivity index (χ0) is 30.0. The van der Waals surface area contributed by atoms with E-state index in [1.807, 2.05) is 6.08 Å². The largest absolute Gasteiger partial charge is 0.491 e. The molecule has 0 spiro atoms. The van der Waals surface area contributed by atoms with E-state index in [0.717, 1.165) is 31.3 Å². The van der Waals surface area contributed by atoms with E-state index < -0.39 is 34.9 Å². The van der Waals surface area contributed by atoms with Crippen molar-refractivity contribution in [3.63, 3.8) is 0 Å². The molecule has 2 aliphatic rings. The van der Waals surface area contributed by atoms with Gasteiger partial charge >= 0.3 is 0 Å². The van der Waals surface area contributed by atoms with Gasteiger partial charge in [0.2, 0.25) is 11.6 Å². The minimum Gasteiger partial charge on any atom is -0.491 e. The Morgan fingerprint density at radius 1 is 0.571 bits per heavy atom. The van der Waals surface area contributed by atoms with Gasteiger partial charge in [0.05, 0.1) is 13.2 Å². The second kappa shape index (κ2) is 12.8. The van der Waals surface area contributed by atoms with Crippen LogP contribution in [0, 0.1) is 46.7 Å². The van der Waals surface area contributed by atoms with Crippen molar-refractivity contribution in [2.45, 2.75) is 64.7 Å². The SMILES string of the molecule is CCOc1ccc(C2=CCC(C3CCC(c4ccc(-c5ccc(OCC)c(F)c5F)c(F)c4F)CC3)CC2)c(F)c1F. The fraction of sp³-hybridized carbons (Fsp3) is 0.412. The average molecular weight is 589 g/mol. The van der Waals surface area contributed by atoms with Gasteiger partial charge in [-0.05, 0) is 112 Å². The maximum Gasteiger partial charge on any atom is 0.201 e. The van der Waals surface area contributed by atoms with Crippen molar-refractivity contribution in [3.05, 3.63) is 88.5 Å². The molecule has 5 rings (SSSR count). The monoisotopic (exact) mass is 588 g/mol. The second-order valence-corrected chi connectivity index (χ2v) is 11.1. The van der Waals surface area contributed by atoms with Crippen LogP contribution < -0.4 is 9.47 Å². The van der Waals surface area contributed by atoms with Crippen LogP contribution in [0.4, 0.5) is 26.3 Å². The number of rotatable bonds is 8. The first kappa shape index (κ1) is 30.1. The molecular weight excluding hydrogens is 554 g/mol. The van der Waals surface area contributed by atoms with Crippen LogP contribution in [-0.2, 0) is 0 Å². The fourth-order valence-corrected chi connectivity index (χ4v) is 6.57. The summed E-state index contributed by atoms with van der Waals surface area (Å²) in [5.74, 6) is -6.37. The Balaban J connectivity index is 1.24. The summed E-state index contributed by atoms with van der Waals surface area (Å²) >= 11 is 0. The summed E-state index contributed by atoms with van der Waals surface area (Å²) in [7, 11) is 0. The Morgan fingerprint density at radius 3 is 1.64 bits per heavy atom. The zero-order valence-electron chi connectivity index (χ0n) is 23.7. The average Bonchev–Trinajstić information content (AvgIpc) is 3.00. The Labute approximate surface area is 242 Å². The number of benzene rings is 3. The zero-order valence-corrected chi connectivity index (χ0v) is 23.7.